The second-order valence-electron chi connectivity index (χ2n) is 3.90. The molecule has 0 aromatic carbocycles. The van der Waals surface area contributed by atoms with Crippen LogP contribution >= 0.6 is 11.9 Å². The summed E-state index contributed by atoms with van der Waals surface area (Å²) < 4.78 is 2.57. The standard InChI is InChI=1S/C10H21NS.2C2H6/c1-4-5-10-8-9(2)6-7-11(10)12-3;2*1-2/h9-10H,4-8H2,1-3H3;2*1-2H3. The van der Waals surface area contributed by atoms with Crippen LogP contribution in [0.4, 0.5) is 0 Å². The zero-order valence-electron chi connectivity index (χ0n) is 12.5. The minimum absolute atomic E-state index is 0.855. The molecule has 0 bridgehead atoms. The summed E-state index contributed by atoms with van der Waals surface area (Å²) in [5.41, 5.74) is 0. The topological polar surface area (TPSA) is 3.24 Å². The van der Waals surface area contributed by atoms with E-state index in [0.717, 1.165) is 12.0 Å². The van der Waals surface area contributed by atoms with E-state index in [9.17, 15) is 0 Å². The Labute approximate surface area is 109 Å². The minimum Gasteiger partial charge on any atom is -0.248 e. The van der Waals surface area contributed by atoms with Gasteiger partial charge < -0.3 is 0 Å². The van der Waals surface area contributed by atoms with Crippen molar-refractivity contribution in [1.29, 1.82) is 0 Å². The van der Waals surface area contributed by atoms with E-state index in [-0.39, 0.29) is 0 Å². The van der Waals surface area contributed by atoms with Crippen LogP contribution in [0.2, 0.25) is 0 Å². The monoisotopic (exact) mass is 247 g/mol. The fourth-order valence-corrected chi connectivity index (χ4v) is 2.84. The highest BCUT2D eigenvalue weighted by Gasteiger charge is 2.24. The number of piperidine rings is 1. The lowest BCUT2D eigenvalue weighted by atomic mass is 9.92. The molecule has 1 nitrogen and oxygen atoms in total. The summed E-state index contributed by atoms with van der Waals surface area (Å²) in [6.07, 6.45) is 7.72. The van der Waals surface area contributed by atoms with Gasteiger partial charge >= 0.3 is 0 Å². The van der Waals surface area contributed by atoms with Crippen LogP contribution in [0.5, 0.6) is 0 Å². The molecule has 0 aliphatic carbocycles. The maximum Gasteiger partial charge on any atom is 0.0204 e. The van der Waals surface area contributed by atoms with Gasteiger partial charge in [0.25, 0.3) is 0 Å². The van der Waals surface area contributed by atoms with Crippen molar-refractivity contribution in [3.05, 3.63) is 0 Å². The van der Waals surface area contributed by atoms with Gasteiger partial charge in [-0.2, -0.15) is 0 Å². The van der Waals surface area contributed by atoms with Crippen molar-refractivity contribution in [1.82, 2.24) is 4.31 Å². The summed E-state index contributed by atoms with van der Waals surface area (Å²) in [6.45, 7) is 14.0. The number of hydrogen-bond donors (Lipinski definition) is 0. The van der Waals surface area contributed by atoms with Gasteiger partial charge in [0.1, 0.15) is 0 Å². The van der Waals surface area contributed by atoms with Gasteiger partial charge in [-0.15, -0.1) is 0 Å². The molecule has 1 aliphatic heterocycles. The first-order valence-electron chi connectivity index (χ1n) is 7.08. The van der Waals surface area contributed by atoms with Gasteiger partial charge in [0.2, 0.25) is 0 Å². The van der Waals surface area contributed by atoms with Crippen molar-refractivity contribution >= 4 is 11.9 Å². The summed E-state index contributed by atoms with van der Waals surface area (Å²) in [7, 11) is 0. The first kappa shape index (κ1) is 18.7. The second-order valence-corrected chi connectivity index (χ2v) is 4.73. The highest BCUT2D eigenvalue weighted by molar-refractivity contribution is 7.96. The molecule has 2 atom stereocenters. The van der Waals surface area contributed by atoms with E-state index in [1.165, 1.54) is 32.2 Å². The van der Waals surface area contributed by atoms with E-state index in [2.05, 4.69) is 24.4 Å². The van der Waals surface area contributed by atoms with Crippen LogP contribution in [0.25, 0.3) is 0 Å². The van der Waals surface area contributed by atoms with Crippen molar-refractivity contribution in [2.75, 3.05) is 12.8 Å². The predicted octanol–water partition coefficient (Wildman–Crippen LogP) is 5.22. The summed E-state index contributed by atoms with van der Waals surface area (Å²) in [6, 6.07) is 0.855. The summed E-state index contributed by atoms with van der Waals surface area (Å²) in [5, 5.41) is 0. The molecular formula is C14H33NS. The van der Waals surface area contributed by atoms with Crippen molar-refractivity contribution in [3.8, 4) is 0 Å². The highest BCUT2D eigenvalue weighted by atomic mass is 32.2. The molecule has 16 heavy (non-hydrogen) atoms. The third-order valence-electron chi connectivity index (χ3n) is 2.78. The molecule has 1 saturated heterocycles. The molecule has 1 fully saturated rings. The first-order chi connectivity index (χ1) is 7.77. The SMILES string of the molecule is CC.CC.CCCC1CC(C)CCN1SC. The highest BCUT2D eigenvalue weighted by Crippen LogP contribution is 2.29. The van der Waals surface area contributed by atoms with E-state index in [1.807, 2.05) is 39.6 Å². The van der Waals surface area contributed by atoms with Crippen LogP contribution < -0.4 is 0 Å². The first-order valence-corrected chi connectivity index (χ1v) is 8.26. The Morgan fingerprint density at radius 2 is 1.75 bits per heavy atom. The fraction of sp³-hybridized carbons (Fsp3) is 1.00. The Hall–Kier alpha value is 0.310. The molecule has 0 radical (unpaired) electrons. The fourth-order valence-electron chi connectivity index (χ4n) is 2.07. The Morgan fingerprint density at radius 1 is 1.19 bits per heavy atom. The molecule has 0 saturated carbocycles. The van der Waals surface area contributed by atoms with E-state index in [0.29, 0.717) is 0 Å². The van der Waals surface area contributed by atoms with Gasteiger partial charge in [0, 0.05) is 12.6 Å². The average Bonchev–Trinajstić information content (AvgIpc) is 2.35. The molecule has 0 spiro atoms. The van der Waals surface area contributed by atoms with Gasteiger partial charge in [-0.1, -0.05) is 59.9 Å². The number of nitrogens with zero attached hydrogens (tertiary/aromatic N) is 1. The van der Waals surface area contributed by atoms with Gasteiger partial charge in [-0.3, -0.25) is 0 Å². The molecule has 0 aromatic heterocycles. The Balaban J connectivity index is 0. The van der Waals surface area contributed by atoms with Gasteiger partial charge in [-0.25, -0.2) is 4.31 Å². The van der Waals surface area contributed by atoms with Crippen LogP contribution in [0, 0.1) is 5.92 Å². The lowest BCUT2D eigenvalue weighted by Gasteiger charge is -2.36. The van der Waals surface area contributed by atoms with Crippen molar-refractivity contribution in [2.24, 2.45) is 5.92 Å². The van der Waals surface area contributed by atoms with Crippen molar-refractivity contribution < 1.29 is 0 Å². The smallest absolute Gasteiger partial charge is 0.0204 e. The Kier molecular flexibility index (Phi) is 15.6. The zero-order valence-corrected chi connectivity index (χ0v) is 13.4. The molecule has 1 rings (SSSR count). The molecule has 1 aliphatic rings. The quantitative estimate of drug-likeness (QED) is 0.629. The minimum atomic E-state index is 0.855. The molecular weight excluding hydrogens is 214 g/mol. The maximum absolute atomic E-state index is 2.57. The van der Waals surface area contributed by atoms with Crippen LogP contribution in [-0.4, -0.2) is 23.1 Å². The van der Waals surface area contributed by atoms with Crippen molar-refractivity contribution in [3.63, 3.8) is 0 Å². The van der Waals surface area contributed by atoms with E-state index in [1.54, 1.807) is 0 Å². The summed E-state index contributed by atoms with van der Waals surface area (Å²) in [4.78, 5) is 0. The second kappa shape index (κ2) is 13.4. The third kappa shape index (κ3) is 7.56. The molecule has 0 aromatic rings. The molecule has 0 N–H and O–H groups in total. The maximum atomic E-state index is 2.57. The molecule has 100 valence electrons. The Bertz CT molecular complexity index is 128. The normalized spacial score (nSPS) is 24.9. The van der Waals surface area contributed by atoms with Gasteiger partial charge in [-0.05, 0) is 31.4 Å². The van der Waals surface area contributed by atoms with Crippen LogP contribution in [0.3, 0.4) is 0 Å². The Morgan fingerprint density at radius 3 is 2.19 bits per heavy atom. The molecule has 2 heteroatoms. The van der Waals surface area contributed by atoms with Gasteiger partial charge in [0.05, 0.1) is 0 Å². The molecule has 2 unspecified atom stereocenters. The van der Waals surface area contributed by atoms with Crippen LogP contribution in [0.1, 0.15) is 67.2 Å². The number of hydrogen-bond acceptors (Lipinski definition) is 2. The van der Waals surface area contributed by atoms with Gasteiger partial charge in [0.15, 0.2) is 0 Å². The summed E-state index contributed by atoms with van der Waals surface area (Å²) >= 11 is 1.93. The van der Waals surface area contributed by atoms with Crippen LogP contribution in [0.15, 0.2) is 0 Å². The summed E-state index contributed by atoms with van der Waals surface area (Å²) in [5.74, 6) is 0.949. The number of rotatable bonds is 3. The van der Waals surface area contributed by atoms with E-state index < -0.39 is 0 Å². The van der Waals surface area contributed by atoms with E-state index >= 15 is 0 Å². The zero-order chi connectivity index (χ0) is 13.0. The predicted molar refractivity (Wildman–Crippen MR) is 80.0 cm³/mol. The van der Waals surface area contributed by atoms with Crippen molar-refractivity contribution in [2.45, 2.75) is 73.3 Å². The third-order valence-corrected chi connectivity index (χ3v) is 3.73. The molecule has 0 amide bonds. The molecule has 1 heterocycles. The van der Waals surface area contributed by atoms with E-state index in [4.69, 9.17) is 0 Å². The average molecular weight is 247 g/mol. The lowest BCUT2D eigenvalue weighted by Crippen LogP contribution is -2.37. The largest absolute Gasteiger partial charge is 0.248 e. The van der Waals surface area contributed by atoms with Crippen LogP contribution in [-0.2, 0) is 0 Å². The lowest BCUT2D eigenvalue weighted by molar-refractivity contribution is 0.212.